The first-order valence-corrected chi connectivity index (χ1v) is 9.98. The molecule has 1 saturated heterocycles. The summed E-state index contributed by atoms with van der Waals surface area (Å²) >= 11 is 0. The molecule has 0 unspecified atom stereocenters. The number of carbonyl (C=O) groups excluding carboxylic acids is 1. The van der Waals surface area contributed by atoms with Crippen molar-refractivity contribution < 1.29 is 9.18 Å². The minimum atomic E-state index is -0.496. The van der Waals surface area contributed by atoms with Gasteiger partial charge in [-0.25, -0.2) is 9.18 Å². The standard InChI is InChI=1S/C21H24FN5O3/c1-13-8-10-26(11-9-13)20-23-18-17(19(29)25(3)21(30)24(18)2)27(20)12-16(28)14-4-6-15(22)7-5-14/h4-7,13H,8-12H2,1-3H3. The number of piperidine rings is 1. The molecule has 158 valence electrons. The van der Waals surface area contributed by atoms with Gasteiger partial charge in [0.05, 0.1) is 6.54 Å². The van der Waals surface area contributed by atoms with Gasteiger partial charge in [0.15, 0.2) is 16.9 Å². The molecule has 1 aliphatic heterocycles. The summed E-state index contributed by atoms with van der Waals surface area (Å²) in [4.78, 5) is 44.9. The fraction of sp³-hybridized carbons (Fsp3) is 0.429. The van der Waals surface area contributed by atoms with Crippen molar-refractivity contribution in [1.82, 2.24) is 18.7 Å². The lowest BCUT2D eigenvalue weighted by Crippen LogP contribution is -2.38. The zero-order valence-corrected chi connectivity index (χ0v) is 17.3. The molecule has 1 aromatic carbocycles. The van der Waals surface area contributed by atoms with Crippen LogP contribution < -0.4 is 16.1 Å². The molecule has 1 fully saturated rings. The van der Waals surface area contributed by atoms with Gasteiger partial charge in [-0.15, -0.1) is 0 Å². The van der Waals surface area contributed by atoms with E-state index in [1.165, 1.54) is 35.9 Å². The van der Waals surface area contributed by atoms with Crippen LogP contribution >= 0.6 is 0 Å². The summed E-state index contributed by atoms with van der Waals surface area (Å²) in [5.74, 6) is 0.409. The van der Waals surface area contributed by atoms with E-state index in [0.29, 0.717) is 17.4 Å². The molecule has 0 spiro atoms. The third kappa shape index (κ3) is 3.34. The zero-order chi connectivity index (χ0) is 21.6. The van der Waals surface area contributed by atoms with Crippen molar-refractivity contribution in [3.8, 4) is 0 Å². The van der Waals surface area contributed by atoms with Crippen LogP contribution in [0.4, 0.5) is 10.3 Å². The second-order valence-corrected chi connectivity index (χ2v) is 7.98. The van der Waals surface area contributed by atoms with Crippen LogP contribution in [0.5, 0.6) is 0 Å². The Morgan fingerprint density at radius 2 is 1.73 bits per heavy atom. The van der Waals surface area contributed by atoms with Crippen molar-refractivity contribution in [2.45, 2.75) is 26.3 Å². The predicted molar refractivity (Wildman–Crippen MR) is 112 cm³/mol. The average molecular weight is 413 g/mol. The molecule has 30 heavy (non-hydrogen) atoms. The fourth-order valence-corrected chi connectivity index (χ4v) is 3.91. The molecule has 3 aromatic rings. The van der Waals surface area contributed by atoms with Crippen LogP contribution in [0.25, 0.3) is 11.2 Å². The Morgan fingerprint density at radius 1 is 1.10 bits per heavy atom. The highest BCUT2D eigenvalue weighted by Gasteiger charge is 2.26. The van der Waals surface area contributed by atoms with E-state index in [9.17, 15) is 18.8 Å². The number of halogens is 1. The van der Waals surface area contributed by atoms with E-state index in [-0.39, 0.29) is 23.5 Å². The molecule has 4 rings (SSSR count). The predicted octanol–water partition coefficient (Wildman–Crippen LogP) is 1.69. The second kappa shape index (κ2) is 7.55. The van der Waals surface area contributed by atoms with Gasteiger partial charge in [0, 0.05) is 32.7 Å². The van der Waals surface area contributed by atoms with Crippen molar-refractivity contribution in [3.05, 3.63) is 56.5 Å². The summed E-state index contributed by atoms with van der Waals surface area (Å²) in [6, 6.07) is 5.31. The summed E-state index contributed by atoms with van der Waals surface area (Å²) in [6.45, 7) is 3.57. The Morgan fingerprint density at radius 3 is 2.37 bits per heavy atom. The highest BCUT2D eigenvalue weighted by Crippen LogP contribution is 2.25. The number of fused-ring (bicyclic) bond motifs is 1. The average Bonchev–Trinajstić information content (AvgIpc) is 3.11. The molecule has 0 bridgehead atoms. The molecule has 0 N–H and O–H groups in total. The van der Waals surface area contributed by atoms with E-state index in [1.807, 2.05) is 0 Å². The Balaban J connectivity index is 1.87. The Bertz CT molecular complexity index is 1230. The number of aryl methyl sites for hydroxylation is 1. The van der Waals surface area contributed by atoms with Crippen molar-refractivity contribution in [2.75, 3.05) is 18.0 Å². The van der Waals surface area contributed by atoms with Crippen molar-refractivity contribution >= 4 is 22.9 Å². The number of ketones is 1. The molecular formula is C21H24FN5O3. The SMILES string of the molecule is CC1CCN(c2nc3c(c(=O)n(C)c(=O)n3C)n2CC(=O)c2ccc(F)cc2)CC1. The van der Waals surface area contributed by atoms with Crippen LogP contribution in [0.15, 0.2) is 33.9 Å². The monoisotopic (exact) mass is 413 g/mol. The number of aromatic nitrogens is 4. The van der Waals surface area contributed by atoms with Gasteiger partial charge in [-0.3, -0.25) is 23.3 Å². The quantitative estimate of drug-likeness (QED) is 0.608. The minimum Gasteiger partial charge on any atom is -0.342 e. The van der Waals surface area contributed by atoms with E-state index in [0.717, 1.165) is 30.5 Å². The van der Waals surface area contributed by atoms with Gasteiger partial charge in [-0.05, 0) is 43.0 Å². The Labute approximate surface area is 172 Å². The summed E-state index contributed by atoms with van der Waals surface area (Å²) in [5, 5.41) is 0. The highest BCUT2D eigenvalue weighted by atomic mass is 19.1. The smallest absolute Gasteiger partial charge is 0.332 e. The van der Waals surface area contributed by atoms with Crippen LogP contribution in [0, 0.1) is 11.7 Å². The first kappa shape index (κ1) is 20.1. The summed E-state index contributed by atoms with van der Waals surface area (Å²) < 4.78 is 17.2. The molecule has 0 saturated carbocycles. The molecule has 8 nitrogen and oxygen atoms in total. The minimum absolute atomic E-state index is 0.128. The molecule has 1 aliphatic rings. The highest BCUT2D eigenvalue weighted by molar-refractivity contribution is 5.97. The van der Waals surface area contributed by atoms with E-state index in [2.05, 4.69) is 16.8 Å². The van der Waals surface area contributed by atoms with Crippen molar-refractivity contribution in [2.24, 2.45) is 20.0 Å². The molecule has 9 heteroatoms. The normalized spacial score (nSPS) is 15.1. The van der Waals surface area contributed by atoms with Crippen LogP contribution in [-0.2, 0) is 20.6 Å². The Kier molecular flexibility index (Phi) is 5.05. The topological polar surface area (TPSA) is 82.1 Å². The van der Waals surface area contributed by atoms with Gasteiger partial charge in [0.1, 0.15) is 5.82 Å². The maximum Gasteiger partial charge on any atom is 0.332 e. The third-order valence-corrected chi connectivity index (χ3v) is 5.86. The number of nitrogens with zero attached hydrogens (tertiary/aromatic N) is 5. The van der Waals surface area contributed by atoms with Crippen LogP contribution in [0.2, 0.25) is 0 Å². The number of Topliss-reactive ketones (excluding diaryl/α,β-unsaturated/α-hetero) is 1. The van der Waals surface area contributed by atoms with Gasteiger partial charge >= 0.3 is 5.69 Å². The number of benzene rings is 1. The lowest BCUT2D eigenvalue weighted by molar-refractivity contribution is 0.0973. The van der Waals surface area contributed by atoms with Gasteiger partial charge in [0.25, 0.3) is 5.56 Å². The summed E-state index contributed by atoms with van der Waals surface area (Å²) in [7, 11) is 2.97. The maximum absolute atomic E-state index is 13.2. The van der Waals surface area contributed by atoms with Gasteiger partial charge < -0.3 is 4.90 Å². The first-order chi connectivity index (χ1) is 14.3. The number of rotatable bonds is 4. The van der Waals surface area contributed by atoms with E-state index < -0.39 is 17.1 Å². The fourth-order valence-electron chi connectivity index (χ4n) is 3.91. The molecular weight excluding hydrogens is 389 g/mol. The van der Waals surface area contributed by atoms with Crippen LogP contribution in [-0.4, -0.2) is 37.6 Å². The molecule has 0 amide bonds. The number of imidazole rings is 1. The van der Waals surface area contributed by atoms with Gasteiger partial charge in [-0.1, -0.05) is 6.92 Å². The second-order valence-electron chi connectivity index (χ2n) is 7.98. The lowest BCUT2D eigenvalue weighted by Gasteiger charge is -2.31. The van der Waals surface area contributed by atoms with E-state index >= 15 is 0 Å². The molecule has 0 aliphatic carbocycles. The van der Waals surface area contributed by atoms with Crippen molar-refractivity contribution in [3.63, 3.8) is 0 Å². The Hall–Kier alpha value is -3.23. The largest absolute Gasteiger partial charge is 0.342 e. The molecule has 2 aromatic heterocycles. The van der Waals surface area contributed by atoms with Gasteiger partial charge in [0.2, 0.25) is 5.95 Å². The first-order valence-electron chi connectivity index (χ1n) is 9.98. The van der Waals surface area contributed by atoms with E-state index in [4.69, 9.17) is 0 Å². The maximum atomic E-state index is 13.2. The number of anilines is 1. The summed E-state index contributed by atoms with van der Waals surface area (Å²) in [6.07, 6.45) is 1.96. The third-order valence-electron chi connectivity index (χ3n) is 5.86. The van der Waals surface area contributed by atoms with Crippen molar-refractivity contribution in [1.29, 1.82) is 0 Å². The van der Waals surface area contributed by atoms with Crippen LogP contribution in [0.1, 0.15) is 30.1 Å². The van der Waals surface area contributed by atoms with Gasteiger partial charge in [-0.2, -0.15) is 4.98 Å². The number of carbonyl (C=O) groups is 1. The number of hydrogen-bond donors (Lipinski definition) is 0. The van der Waals surface area contributed by atoms with Crippen LogP contribution in [0.3, 0.4) is 0 Å². The van der Waals surface area contributed by atoms with E-state index in [1.54, 1.807) is 11.6 Å². The molecule has 0 atom stereocenters. The molecule has 3 heterocycles. The lowest BCUT2D eigenvalue weighted by atomic mass is 10.00. The zero-order valence-electron chi connectivity index (χ0n) is 17.3. The molecule has 0 radical (unpaired) electrons. The summed E-state index contributed by atoms with van der Waals surface area (Å²) in [5.41, 5.74) is -0.157. The number of hydrogen-bond acceptors (Lipinski definition) is 5.